The van der Waals surface area contributed by atoms with E-state index >= 15 is 0 Å². The zero-order valence-corrected chi connectivity index (χ0v) is 12.3. The second-order valence-electron chi connectivity index (χ2n) is 5.27. The van der Waals surface area contributed by atoms with Crippen LogP contribution in [0.2, 0.25) is 10.0 Å². The number of carboxylic acid groups (broad SMARTS) is 1. The summed E-state index contributed by atoms with van der Waals surface area (Å²) in [6.45, 7) is 5.20. The molecule has 2 N–H and O–H groups in total. The molecule has 0 radical (unpaired) electrons. The second kappa shape index (κ2) is 5.80. The Morgan fingerprint density at radius 1 is 1.16 bits per heavy atom. The Labute approximate surface area is 121 Å². The molecule has 1 amide bonds. The van der Waals surface area contributed by atoms with E-state index in [1.807, 2.05) is 0 Å². The van der Waals surface area contributed by atoms with Gasteiger partial charge in [0.1, 0.15) is 6.04 Å². The molecule has 19 heavy (non-hydrogen) atoms. The van der Waals surface area contributed by atoms with E-state index in [4.69, 9.17) is 28.3 Å². The third kappa shape index (κ3) is 4.40. The molecular weight excluding hydrogens is 289 g/mol. The molecule has 0 aromatic heterocycles. The molecule has 4 nitrogen and oxygen atoms in total. The van der Waals surface area contributed by atoms with Gasteiger partial charge in [-0.3, -0.25) is 4.79 Å². The van der Waals surface area contributed by atoms with Crippen LogP contribution in [-0.2, 0) is 4.79 Å². The number of aliphatic carboxylic acids is 1. The van der Waals surface area contributed by atoms with E-state index in [-0.39, 0.29) is 5.56 Å². The van der Waals surface area contributed by atoms with Gasteiger partial charge >= 0.3 is 5.97 Å². The van der Waals surface area contributed by atoms with Crippen LogP contribution in [0, 0.1) is 5.41 Å². The molecule has 1 aromatic rings. The topological polar surface area (TPSA) is 66.4 Å². The van der Waals surface area contributed by atoms with Gasteiger partial charge < -0.3 is 10.4 Å². The van der Waals surface area contributed by atoms with Crippen LogP contribution in [0.4, 0.5) is 0 Å². The summed E-state index contributed by atoms with van der Waals surface area (Å²) in [5.74, 6) is -1.61. The molecule has 0 spiro atoms. The highest BCUT2D eigenvalue weighted by atomic mass is 35.5. The number of benzene rings is 1. The first-order chi connectivity index (χ1) is 8.61. The normalized spacial score (nSPS) is 12.9. The van der Waals surface area contributed by atoms with Gasteiger partial charge in [0, 0.05) is 15.6 Å². The van der Waals surface area contributed by atoms with E-state index in [1.165, 1.54) is 18.2 Å². The van der Waals surface area contributed by atoms with Gasteiger partial charge in [-0.05, 0) is 23.6 Å². The molecule has 0 aliphatic carbocycles. The van der Waals surface area contributed by atoms with Crippen LogP contribution in [0.1, 0.15) is 31.1 Å². The van der Waals surface area contributed by atoms with Crippen LogP contribution in [0.3, 0.4) is 0 Å². The highest BCUT2D eigenvalue weighted by Gasteiger charge is 2.32. The number of hydrogen-bond donors (Lipinski definition) is 2. The van der Waals surface area contributed by atoms with Gasteiger partial charge in [0.25, 0.3) is 5.91 Å². The van der Waals surface area contributed by atoms with E-state index in [0.717, 1.165) is 0 Å². The average molecular weight is 304 g/mol. The fraction of sp³-hybridized carbons (Fsp3) is 0.385. The first-order valence-corrected chi connectivity index (χ1v) is 6.36. The maximum absolute atomic E-state index is 12.0. The molecule has 1 rings (SSSR count). The molecular formula is C13H15Cl2NO3. The lowest BCUT2D eigenvalue weighted by molar-refractivity contribution is -0.142. The number of hydrogen-bond acceptors (Lipinski definition) is 2. The van der Waals surface area contributed by atoms with Gasteiger partial charge in [-0.2, -0.15) is 0 Å². The number of amides is 1. The van der Waals surface area contributed by atoms with E-state index in [9.17, 15) is 9.59 Å². The first-order valence-electron chi connectivity index (χ1n) is 5.61. The van der Waals surface area contributed by atoms with Gasteiger partial charge in [0.15, 0.2) is 0 Å². The average Bonchev–Trinajstić information content (AvgIpc) is 2.21. The Kier molecular flexibility index (Phi) is 4.82. The molecule has 0 saturated carbocycles. The standard InChI is InChI=1S/C13H15Cl2NO3/c1-13(2,3)10(12(18)19)16-11(17)7-4-8(14)6-9(15)5-7/h4-6,10H,1-3H3,(H,16,17)(H,18,19)/t10-/m0/s1. The van der Waals surface area contributed by atoms with E-state index in [1.54, 1.807) is 20.8 Å². The van der Waals surface area contributed by atoms with Gasteiger partial charge in [0.05, 0.1) is 0 Å². The van der Waals surface area contributed by atoms with Gasteiger partial charge in [0.2, 0.25) is 0 Å². The number of halogens is 2. The fourth-order valence-electron chi connectivity index (χ4n) is 1.55. The highest BCUT2D eigenvalue weighted by molar-refractivity contribution is 6.35. The Hall–Kier alpha value is -1.26. The monoisotopic (exact) mass is 303 g/mol. The summed E-state index contributed by atoms with van der Waals surface area (Å²) in [5.41, 5.74) is -0.378. The molecule has 0 heterocycles. The number of rotatable bonds is 3. The lowest BCUT2D eigenvalue weighted by Crippen LogP contribution is -2.49. The minimum atomic E-state index is -1.09. The Morgan fingerprint density at radius 2 is 1.63 bits per heavy atom. The Balaban J connectivity index is 2.97. The molecule has 104 valence electrons. The lowest BCUT2D eigenvalue weighted by Gasteiger charge is -2.27. The van der Waals surface area contributed by atoms with E-state index < -0.39 is 23.3 Å². The predicted octanol–water partition coefficient (Wildman–Crippen LogP) is 3.22. The number of carbonyl (C=O) groups is 2. The van der Waals surface area contributed by atoms with Crippen LogP contribution in [0.5, 0.6) is 0 Å². The summed E-state index contributed by atoms with van der Waals surface area (Å²) in [7, 11) is 0. The Bertz CT molecular complexity index is 489. The van der Waals surface area contributed by atoms with E-state index in [0.29, 0.717) is 10.0 Å². The summed E-state index contributed by atoms with van der Waals surface area (Å²) in [6.07, 6.45) is 0. The molecule has 0 fully saturated rings. The highest BCUT2D eigenvalue weighted by Crippen LogP contribution is 2.22. The van der Waals surface area contributed by atoms with Crippen molar-refractivity contribution in [2.24, 2.45) is 5.41 Å². The maximum atomic E-state index is 12.0. The van der Waals surface area contributed by atoms with Crippen molar-refractivity contribution in [1.29, 1.82) is 0 Å². The molecule has 0 aliphatic heterocycles. The predicted molar refractivity (Wildman–Crippen MR) is 74.8 cm³/mol. The van der Waals surface area contributed by atoms with Crippen molar-refractivity contribution in [3.05, 3.63) is 33.8 Å². The summed E-state index contributed by atoms with van der Waals surface area (Å²) < 4.78 is 0. The fourth-order valence-corrected chi connectivity index (χ4v) is 2.07. The summed E-state index contributed by atoms with van der Waals surface area (Å²) in [6, 6.07) is 3.37. The number of nitrogens with one attached hydrogen (secondary N) is 1. The SMILES string of the molecule is CC(C)(C)[C@@H](NC(=O)c1cc(Cl)cc(Cl)c1)C(=O)O. The van der Waals surface area contributed by atoms with Crippen molar-refractivity contribution in [3.63, 3.8) is 0 Å². The third-order valence-corrected chi connectivity index (χ3v) is 2.95. The van der Waals surface area contributed by atoms with Crippen LogP contribution < -0.4 is 5.32 Å². The van der Waals surface area contributed by atoms with Crippen LogP contribution in [-0.4, -0.2) is 23.0 Å². The second-order valence-corrected chi connectivity index (χ2v) is 6.14. The first kappa shape index (κ1) is 15.8. The summed E-state index contributed by atoms with van der Waals surface area (Å²) in [4.78, 5) is 23.2. The summed E-state index contributed by atoms with van der Waals surface area (Å²) in [5, 5.41) is 12.3. The van der Waals surface area contributed by atoms with Crippen LogP contribution in [0.25, 0.3) is 0 Å². The van der Waals surface area contributed by atoms with Crippen molar-refractivity contribution < 1.29 is 14.7 Å². The van der Waals surface area contributed by atoms with Crippen molar-refractivity contribution >= 4 is 35.1 Å². The molecule has 0 bridgehead atoms. The van der Waals surface area contributed by atoms with Crippen molar-refractivity contribution in [1.82, 2.24) is 5.32 Å². The molecule has 0 unspecified atom stereocenters. The van der Waals surface area contributed by atoms with Crippen molar-refractivity contribution in [2.45, 2.75) is 26.8 Å². The van der Waals surface area contributed by atoms with Crippen molar-refractivity contribution in [2.75, 3.05) is 0 Å². The van der Waals surface area contributed by atoms with Gasteiger partial charge in [-0.1, -0.05) is 44.0 Å². The Morgan fingerprint density at radius 3 is 2.00 bits per heavy atom. The van der Waals surface area contributed by atoms with Crippen LogP contribution >= 0.6 is 23.2 Å². The van der Waals surface area contributed by atoms with Gasteiger partial charge in [-0.15, -0.1) is 0 Å². The molecule has 1 aromatic carbocycles. The molecule has 0 saturated heterocycles. The zero-order valence-electron chi connectivity index (χ0n) is 10.8. The number of carbonyl (C=O) groups excluding carboxylic acids is 1. The number of carboxylic acids is 1. The quantitative estimate of drug-likeness (QED) is 0.901. The zero-order chi connectivity index (χ0) is 14.8. The minimum Gasteiger partial charge on any atom is -0.480 e. The van der Waals surface area contributed by atoms with Gasteiger partial charge in [-0.25, -0.2) is 4.79 Å². The molecule has 0 aliphatic rings. The maximum Gasteiger partial charge on any atom is 0.326 e. The van der Waals surface area contributed by atoms with E-state index in [2.05, 4.69) is 5.32 Å². The van der Waals surface area contributed by atoms with Crippen molar-refractivity contribution in [3.8, 4) is 0 Å². The smallest absolute Gasteiger partial charge is 0.326 e. The summed E-state index contributed by atoms with van der Waals surface area (Å²) >= 11 is 11.6. The largest absolute Gasteiger partial charge is 0.480 e. The lowest BCUT2D eigenvalue weighted by atomic mass is 9.86. The van der Waals surface area contributed by atoms with Crippen LogP contribution in [0.15, 0.2) is 18.2 Å². The third-order valence-electron chi connectivity index (χ3n) is 2.51. The molecule has 6 heteroatoms. The molecule has 1 atom stereocenters. The minimum absolute atomic E-state index is 0.230.